The van der Waals surface area contributed by atoms with E-state index in [0.717, 1.165) is 28.2 Å². The Balaban J connectivity index is 1.28. The number of thiazole rings is 1. The number of benzene rings is 1. The zero-order valence-corrected chi connectivity index (χ0v) is 22.4. The Morgan fingerprint density at radius 3 is 2.49 bits per heavy atom. The summed E-state index contributed by atoms with van der Waals surface area (Å²) in [5.41, 5.74) is 0.743. The van der Waals surface area contributed by atoms with Crippen molar-refractivity contribution in [3.63, 3.8) is 0 Å². The van der Waals surface area contributed by atoms with Crippen molar-refractivity contribution in [1.82, 2.24) is 14.2 Å². The molecular weight excluding hydrogens is 529 g/mol. The molecule has 0 radical (unpaired) electrons. The van der Waals surface area contributed by atoms with Crippen molar-refractivity contribution in [2.75, 3.05) is 43.9 Å². The molecule has 188 valence electrons. The number of aromatic nitrogens is 1. The fourth-order valence-electron chi connectivity index (χ4n) is 4.55. The molecule has 5 rings (SSSR count). The molecular formula is C22H26N4O5S4. The molecule has 1 aromatic carbocycles. The molecule has 3 aromatic rings. The Hall–Kier alpha value is -2.06. The standard InChI is InChI=1S/C22H26N4O5S4/c1-34(28,29)16-7-8-17-19(15-16)33-22(23-17)25-12-10-24(11-13-25)21(27)18-5-2-3-9-26(18)35(30,31)20-6-4-14-32-20/h4,6-8,14-15,18H,2-3,5,9-13H2,1H3. The number of piperidine rings is 1. The highest BCUT2D eigenvalue weighted by molar-refractivity contribution is 7.91. The Labute approximate surface area is 213 Å². The molecule has 1 amide bonds. The first-order valence-electron chi connectivity index (χ1n) is 11.3. The molecule has 1 atom stereocenters. The predicted molar refractivity (Wildman–Crippen MR) is 137 cm³/mol. The number of carbonyl (C=O) groups is 1. The number of amides is 1. The number of carbonyl (C=O) groups excluding carboxylic acids is 1. The third-order valence-electron chi connectivity index (χ3n) is 6.44. The lowest BCUT2D eigenvalue weighted by molar-refractivity contribution is -0.136. The van der Waals surface area contributed by atoms with Crippen molar-refractivity contribution < 1.29 is 21.6 Å². The molecule has 2 saturated heterocycles. The third kappa shape index (κ3) is 4.84. The van der Waals surface area contributed by atoms with Gasteiger partial charge in [-0.15, -0.1) is 11.3 Å². The van der Waals surface area contributed by atoms with Gasteiger partial charge in [0.05, 0.1) is 15.1 Å². The number of sulfone groups is 1. The Morgan fingerprint density at radius 1 is 1.03 bits per heavy atom. The quantitative estimate of drug-likeness (QED) is 0.477. The number of hydrogen-bond acceptors (Lipinski definition) is 9. The van der Waals surface area contributed by atoms with Gasteiger partial charge in [0.2, 0.25) is 5.91 Å². The van der Waals surface area contributed by atoms with Crippen molar-refractivity contribution in [3.05, 3.63) is 35.7 Å². The Kier molecular flexibility index (Phi) is 6.64. The van der Waals surface area contributed by atoms with Crippen molar-refractivity contribution >= 4 is 63.8 Å². The SMILES string of the molecule is CS(=O)(=O)c1ccc2nc(N3CCN(C(=O)C4CCCCN4S(=O)(=O)c4cccs4)CC3)sc2c1. The van der Waals surface area contributed by atoms with Crippen LogP contribution in [-0.2, 0) is 24.7 Å². The van der Waals surface area contributed by atoms with E-state index < -0.39 is 25.9 Å². The van der Waals surface area contributed by atoms with Crippen LogP contribution in [0.1, 0.15) is 19.3 Å². The molecule has 1 unspecified atom stereocenters. The Bertz CT molecular complexity index is 1440. The van der Waals surface area contributed by atoms with Crippen LogP contribution in [0, 0.1) is 0 Å². The molecule has 0 N–H and O–H groups in total. The van der Waals surface area contributed by atoms with Gasteiger partial charge in [0.1, 0.15) is 10.3 Å². The first-order valence-corrected chi connectivity index (χ1v) is 16.4. The van der Waals surface area contributed by atoms with Crippen LogP contribution in [-0.4, -0.2) is 82.0 Å². The van der Waals surface area contributed by atoms with Crippen LogP contribution in [0.5, 0.6) is 0 Å². The number of anilines is 1. The summed E-state index contributed by atoms with van der Waals surface area (Å²) >= 11 is 2.61. The molecule has 2 aromatic heterocycles. The third-order valence-corrected chi connectivity index (χ3v) is 11.9. The minimum atomic E-state index is -3.69. The summed E-state index contributed by atoms with van der Waals surface area (Å²) < 4.78 is 52.5. The zero-order chi connectivity index (χ0) is 24.8. The molecule has 0 bridgehead atoms. The number of piperazine rings is 1. The normalized spacial score (nSPS) is 20.4. The molecule has 13 heteroatoms. The van der Waals surface area contributed by atoms with E-state index >= 15 is 0 Å². The van der Waals surface area contributed by atoms with Crippen LogP contribution in [0.3, 0.4) is 0 Å². The van der Waals surface area contributed by atoms with Gasteiger partial charge in [0, 0.05) is 39.0 Å². The highest BCUT2D eigenvalue weighted by atomic mass is 32.2. The highest BCUT2D eigenvalue weighted by Gasteiger charge is 2.40. The van der Waals surface area contributed by atoms with Gasteiger partial charge in [-0.1, -0.05) is 23.8 Å². The minimum absolute atomic E-state index is 0.133. The van der Waals surface area contributed by atoms with Crippen molar-refractivity contribution in [1.29, 1.82) is 0 Å². The van der Waals surface area contributed by atoms with Crippen molar-refractivity contribution in [2.45, 2.75) is 34.4 Å². The number of nitrogens with zero attached hydrogens (tertiary/aromatic N) is 4. The molecule has 2 fully saturated rings. The zero-order valence-electron chi connectivity index (χ0n) is 19.2. The van der Waals surface area contributed by atoms with E-state index in [0.29, 0.717) is 39.1 Å². The fourth-order valence-corrected chi connectivity index (χ4v) is 9.10. The molecule has 9 nitrogen and oxygen atoms in total. The molecule has 4 heterocycles. The minimum Gasteiger partial charge on any atom is -0.345 e. The van der Waals surface area contributed by atoms with Gasteiger partial charge >= 0.3 is 0 Å². The first kappa shape index (κ1) is 24.6. The second-order valence-corrected chi connectivity index (χ2v) is 14.9. The second kappa shape index (κ2) is 9.43. The number of hydrogen-bond donors (Lipinski definition) is 0. The van der Waals surface area contributed by atoms with Crippen LogP contribution in [0.25, 0.3) is 10.2 Å². The maximum atomic E-state index is 13.4. The summed E-state index contributed by atoms with van der Waals surface area (Å²) in [6.45, 7) is 2.47. The van der Waals surface area contributed by atoms with E-state index in [2.05, 4.69) is 9.88 Å². The summed E-state index contributed by atoms with van der Waals surface area (Å²) in [6.07, 6.45) is 3.30. The summed E-state index contributed by atoms with van der Waals surface area (Å²) in [6, 6.07) is 7.57. The van der Waals surface area contributed by atoms with Gasteiger partial charge in [-0.3, -0.25) is 4.79 Å². The van der Waals surface area contributed by atoms with Crippen LogP contribution < -0.4 is 4.90 Å². The number of sulfonamides is 1. The molecule has 35 heavy (non-hydrogen) atoms. The number of fused-ring (bicyclic) bond motifs is 1. The van der Waals surface area contributed by atoms with E-state index in [1.807, 2.05) is 0 Å². The summed E-state index contributed by atoms with van der Waals surface area (Å²) in [5.74, 6) is -0.133. The van der Waals surface area contributed by atoms with Crippen LogP contribution in [0.2, 0.25) is 0 Å². The molecule has 0 aliphatic carbocycles. The monoisotopic (exact) mass is 554 g/mol. The first-order chi connectivity index (χ1) is 16.6. The van der Waals surface area contributed by atoms with Crippen molar-refractivity contribution in [2.24, 2.45) is 0 Å². The molecule has 2 aliphatic heterocycles. The maximum absolute atomic E-state index is 13.4. The van der Waals surface area contributed by atoms with Gasteiger partial charge in [0.25, 0.3) is 10.0 Å². The average Bonchev–Trinajstić information content (AvgIpc) is 3.53. The van der Waals surface area contributed by atoms with E-state index in [-0.39, 0.29) is 15.0 Å². The van der Waals surface area contributed by atoms with E-state index in [9.17, 15) is 21.6 Å². The van der Waals surface area contributed by atoms with Gasteiger partial charge < -0.3 is 9.80 Å². The molecule has 2 aliphatic rings. The maximum Gasteiger partial charge on any atom is 0.253 e. The summed E-state index contributed by atoms with van der Waals surface area (Å²) in [7, 11) is -6.98. The van der Waals surface area contributed by atoms with Crippen LogP contribution >= 0.6 is 22.7 Å². The topological polar surface area (TPSA) is 108 Å². The van der Waals surface area contributed by atoms with Gasteiger partial charge in [-0.25, -0.2) is 21.8 Å². The Morgan fingerprint density at radius 2 is 1.80 bits per heavy atom. The molecule has 0 saturated carbocycles. The molecule has 0 spiro atoms. The van der Waals surface area contributed by atoms with Crippen molar-refractivity contribution in [3.8, 4) is 0 Å². The second-order valence-electron chi connectivity index (χ2n) is 8.77. The summed E-state index contributed by atoms with van der Waals surface area (Å²) in [4.78, 5) is 22.2. The average molecular weight is 555 g/mol. The highest BCUT2D eigenvalue weighted by Crippen LogP contribution is 2.32. The number of rotatable bonds is 5. The van der Waals surface area contributed by atoms with Gasteiger partial charge in [-0.2, -0.15) is 4.31 Å². The fraction of sp³-hybridized carbons (Fsp3) is 0.455. The lowest BCUT2D eigenvalue weighted by Gasteiger charge is -2.40. The largest absolute Gasteiger partial charge is 0.345 e. The summed E-state index contributed by atoms with van der Waals surface area (Å²) in [5, 5.41) is 2.52. The van der Waals surface area contributed by atoms with Crippen LogP contribution in [0.15, 0.2) is 44.8 Å². The predicted octanol–water partition coefficient (Wildman–Crippen LogP) is 2.65. The van der Waals surface area contributed by atoms with Crippen LogP contribution in [0.4, 0.5) is 5.13 Å². The van der Waals surface area contributed by atoms with Gasteiger partial charge in [0.15, 0.2) is 15.0 Å². The lowest BCUT2D eigenvalue weighted by atomic mass is 10.0. The van der Waals surface area contributed by atoms with E-state index in [1.54, 1.807) is 40.6 Å². The smallest absolute Gasteiger partial charge is 0.253 e. The number of thiophene rings is 1. The van der Waals surface area contributed by atoms with Gasteiger partial charge in [-0.05, 0) is 42.5 Å². The van der Waals surface area contributed by atoms with E-state index in [4.69, 9.17) is 0 Å². The lowest BCUT2D eigenvalue weighted by Crippen LogP contribution is -2.57. The van der Waals surface area contributed by atoms with E-state index in [1.165, 1.54) is 33.2 Å².